The Morgan fingerprint density at radius 2 is 1.95 bits per heavy atom. The lowest BCUT2D eigenvalue weighted by Crippen LogP contribution is -2.50. The standard InChI is InChI=1S/C15H18F2N2O2/c1-21-15(20)14-12(16)7-11(8-13(14)17)19-6-5-18-4-2-3-10(18)9-19/h7-8,10H,2-6,9H2,1H3. The molecule has 1 aromatic carbocycles. The molecule has 2 heterocycles. The van der Waals surface area contributed by atoms with Gasteiger partial charge in [0.1, 0.15) is 17.2 Å². The Labute approximate surface area is 122 Å². The van der Waals surface area contributed by atoms with Crippen molar-refractivity contribution in [2.45, 2.75) is 18.9 Å². The monoisotopic (exact) mass is 296 g/mol. The van der Waals surface area contributed by atoms with Crippen molar-refractivity contribution < 1.29 is 18.3 Å². The van der Waals surface area contributed by atoms with Crippen molar-refractivity contribution in [1.82, 2.24) is 4.90 Å². The third-order valence-corrected chi connectivity index (χ3v) is 4.37. The Bertz CT molecular complexity index is 542. The predicted molar refractivity (Wildman–Crippen MR) is 74.5 cm³/mol. The van der Waals surface area contributed by atoms with E-state index in [2.05, 4.69) is 9.64 Å². The van der Waals surface area contributed by atoms with E-state index in [1.165, 1.54) is 18.6 Å². The van der Waals surface area contributed by atoms with Crippen LogP contribution in [0.25, 0.3) is 0 Å². The van der Waals surface area contributed by atoms with Crippen molar-refractivity contribution in [3.05, 3.63) is 29.3 Å². The highest BCUT2D eigenvalue weighted by Crippen LogP contribution is 2.28. The zero-order chi connectivity index (χ0) is 15.0. The summed E-state index contributed by atoms with van der Waals surface area (Å²) >= 11 is 0. The number of fused-ring (bicyclic) bond motifs is 1. The van der Waals surface area contributed by atoms with Crippen LogP contribution in [0, 0.1) is 11.6 Å². The van der Waals surface area contributed by atoms with E-state index in [1.54, 1.807) is 0 Å². The number of esters is 1. The van der Waals surface area contributed by atoms with Gasteiger partial charge in [-0.25, -0.2) is 13.6 Å². The molecule has 0 aromatic heterocycles. The predicted octanol–water partition coefficient (Wildman–Crippen LogP) is 2.04. The van der Waals surface area contributed by atoms with Crippen molar-refractivity contribution in [3.8, 4) is 0 Å². The van der Waals surface area contributed by atoms with Crippen LogP contribution in [0.4, 0.5) is 14.5 Å². The molecule has 2 aliphatic heterocycles. The first-order valence-corrected chi connectivity index (χ1v) is 7.16. The number of hydrogen-bond donors (Lipinski definition) is 0. The topological polar surface area (TPSA) is 32.8 Å². The number of rotatable bonds is 2. The molecular weight excluding hydrogens is 278 g/mol. The summed E-state index contributed by atoms with van der Waals surface area (Å²) in [5.41, 5.74) is -0.134. The number of ether oxygens (including phenoxy) is 1. The molecule has 3 rings (SSSR count). The average Bonchev–Trinajstić information content (AvgIpc) is 2.93. The number of hydrogen-bond acceptors (Lipinski definition) is 4. The Kier molecular flexibility index (Phi) is 3.80. The van der Waals surface area contributed by atoms with Crippen molar-refractivity contribution in [1.29, 1.82) is 0 Å². The molecule has 0 bridgehead atoms. The number of halogens is 2. The lowest BCUT2D eigenvalue weighted by molar-refractivity contribution is 0.0590. The highest BCUT2D eigenvalue weighted by molar-refractivity contribution is 5.90. The van der Waals surface area contributed by atoms with E-state index in [0.717, 1.165) is 39.7 Å². The quantitative estimate of drug-likeness (QED) is 0.782. The molecule has 4 nitrogen and oxygen atoms in total. The molecule has 0 aliphatic carbocycles. The van der Waals surface area contributed by atoms with Gasteiger partial charge in [-0.3, -0.25) is 4.90 Å². The van der Waals surface area contributed by atoms with Crippen molar-refractivity contribution in [3.63, 3.8) is 0 Å². The van der Waals surface area contributed by atoms with E-state index >= 15 is 0 Å². The minimum Gasteiger partial charge on any atom is -0.465 e. The lowest BCUT2D eigenvalue weighted by atomic mass is 10.1. The van der Waals surface area contributed by atoms with E-state index in [4.69, 9.17) is 0 Å². The van der Waals surface area contributed by atoms with Gasteiger partial charge < -0.3 is 9.64 Å². The maximum Gasteiger partial charge on any atom is 0.343 e. The SMILES string of the molecule is COC(=O)c1c(F)cc(N2CCN3CCCC3C2)cc1F. The Balaban J connectivity index is 1.84. The Morgan fingerprint density at radius 1 is 1.24 bits per heavy atom. The van der Waals surface area contributed by atoms with E-state index in [9.17, 15) is 13.6 Å². The molecule has 0 N–H and O–H groups in total. The highest BCUT2D eigenvalue weighted by atomic mass is 19.1. The van der Waals surface area contributed by atoms with Gasteiger partial charge in [0.15, 0.2) is 0 Å². The van der Waals surface area contributed by atoms with Gasteiger partial charge in [-0.1, -0.05) is 0 Å². The van der Waals surface area contributed by atoms with Crippen LogP contribution in [0.1, 0.15) is 23.2 Å². The Hall–Kier alpha value is -1.69. The molecule has 2 saturated heterocycles. The summed E-state index contributed by atoms with van der Waals surface area (Å²) in [6, 6.07) is 2.91. The third kappa shape index (κ3) is 2.60. The van der Waals surface area contributed by atoms with Crippen LogP contribution in [0.3, 0.4) is 0 Å². The molecule has 1 unspecified atom stereocenters. The van der Waals surface area contributed by atoms with Crippen LogP contribution in [-0.2, 0) is 4.74 Å². The molecule has 2 fully saturated rings. The van der Waals surface area contributed by atoms with Crippen LogP contribution in [-0.4, -0.2) is 50.2 Å². The zero-order valence-corrected chi connectivity index (χ0v) is 11.9. The summed E-state index contributed by atoms with van der Waals surface area (Å²) in [5, 5.41) is 0. The number of methoxy groups -OCH3 is 1. The first-order valence-electron chi connectivity index (χ1n) is 7.16. The van der Waals surface area contributed by atoms with E-state index in [0.29, 0.717) is 11.7 Å². The fraction of sp³-hybridized carbons (Fsp3) is 0.533. The largest absolute Gasteiger partial charge is 0.465 e. The van der Waals surface area contributed by atoms with Gasteiger partial charge in [0, 0.05) is 31.4 Å². The van der Waals surface area contributed by atoms with Crippen molar-refractivity contribution in [2.75, 3.05) is 38.2 Å². The summed E-state index contributed by atoms with van der Waals surface area (Å²) in [6.45, 7) is 3.54. The second-order valence-corrected chi connectivity index (χ2v) is 5.55. The summed E-state index contributed by atoms with van der Waals surface area (Å²) in [7, 11) is 1.11. The van der Waals surface area contributed by atoms with Crippen LogP contribution in [0.2, 0.25) is 0 Å². The molecular formula is C15H18F2N2O2. The molecule has 1 atom stereocenters. The van der Waals surface area contributed by atoms with E-state index in [1.807, 2.05) is 4.90 Å². The molecule has 6 heteroatoms. The number of carbonyl (C=O) groups is 1. The number of piperazine rings is 1. The highest BCUT2D eigenvalue weighted by Gasteiger charge is 2.31. The number of carbonyl (C=O) groups excluding carboxylic acids is 1. The van der Waals surface area contributed by atoms with Gasteiger partial charge in [-0.15, -0.1) is 0 Å². The molecule has 0 amide bonds. The van der Waals surface area contributed by atoms with Gasteiger partial charge >= 0.3 is 5.97 Å². The first-order chi connectivity index (χ1) is 10.1. The zero-order valence-electron chi connectivity index (χ0n) is 11.9. The molecule has 0 saturated carbocycles. The summed E-state index contributed by atoms with van der Waals surface area (Å²) in [4.78, 5) is 15.8. The molecule has 2 aliphatic rings. The third-order valence-electron chi connectivity index (χ3n) is 4.37. The lowest BCUT2D eigenvalue weighted by Gasteiger charge is -2.38. The first kappa shape index (κ1) is 14.3. The summed E-state index contributed by atoms with van der Waals surface area (Å²) in [6.07, 6.45) is 2.31. The number of anilines is 1. The summed E-state index contributed by atoms with van der Waals surface area (Å²) < 4.78 is 32.4. The van der Waals surface area contributed by atoms with Crippen LogP contribution in [0.5, 0.6) is 0 Å². The molecule has 21 heavy (non-hydrogen) atoms. The van der Waals surface area contributed by atoms with Crippen LogP contribution < -0.4 is 4.90 Å². The molecule has 114 valence electrons. The van der Waals surface area contributed by atoms with E-state index < -0.39 is 23.2 Å². The normalized spacial score (nSPS) is 22.2. The maximum absolute atomic E-state index is 14.0. The minimum atomic E-state index is -0.989. The fourth-order valence-corrected chi connectivity index (χ4v) is 3.27. The van der Waals surface area contributed by atoms with Gasteiger partial charge in [0.2, 0.25) is 0 Å². The van der Waals surface area contributed by atoms with Gasteiger partial charge in [-0.2, -0.15) is 0 Å². The second-order valence-electron chi connectivity index (χ2n) is 5.55. The molecule has 0 spiro atoms. The maximum atomic E-state index is 14.0. The summed E-state index contributed by atoms with van der Waals surface area (Å²) in [5.74, 6) is -2.73. The van der Waals surface area contributed by atoms with Crippen molar-refractivity contribution >= 4 is 11.7 Å². The molecule has 1 aromatic rings. The molecule has 0 radical (unpaired) electrons. The van der Waals surface area contributed by atoms with Gasteiger partial charge in [0.05, 0.1) is 7.11 Å². The number of nitrogens with zero attached hydrogens (tertiary/aromatic N) is 2. The van der Waals surface area contributed by atoms with E-state index in [-0.39, 0.29) is 0 Å². The number of benzene rings is 1. The Morgan fingerprint density at radius 3 is 2.62 bits per heavy atom. The van der Waals surface area contributed by atoms with Crippen LogP contribution in [0.15, 0.2) is 12.1 Å². The smallest absolute Gasteiger partial charge is 0.343 e. The minimum absolute atomic E-state index is 0.463. The second kappa shape index (κ2) is 5.60. The van der Waals surface area contributed by atoms with Gasteiger partial charge in [-0.05, 0) is 31.5 Å². The van der Waals surface area contributed by atoms with Crippen molar-refractivity contribution in [2.24, 2.45) is 0 Å². The van der Waals surface area contributed by atoms with Gasteiger partial charge in [0.25, 0.3) is 0 Å². The fourth-order valence-electron chi connectivity index (χ4n) is 3.27. The van der Waals surface area contributed by atoms with Crippen LogP contribution >= 0.6 is 0 Å². The average molecular weight is 296 g/mol.